The number of carbonyl (C=O) groups excluding carboxylic acids is 4. The Morgan fingerprint density at radius 1 is 0.951 bits per heavy atom. The van der Waals surface area contributed by atoms with E-state index in [9.17, 15) is 19.2 Å². The maximum atomic E-state index is 13.0. The third kappa shape index (κ3) is 5.73. The van der Waals surface area contributed by atoms with Gasteiger partial charge in [0.05, 0.1) is 0 Å². The van der Waals surface area contributed by atoms with Gasteiger partial charge in [-0.15, -0.1) is 0 Å². The number of imide groups is 1. The Kier molecular flexibility index (Phi) is 8.45. The number of fused-ring (bicyclic) bond motifs is 1. The normalized spacial score (nSPS) is 21.3. The van der Waals surface area contributed by atoms with Crippen molar-refractivity contribution in [1.29, 1.82) is 0 Å². The Bertz CT molecular complexity index is 1330. The lowest BCUT2D eigenvalue weighted by Gasteiger charge is -2.48. The molecule has 4 heterocycles. The lowest BCUT2D eigenvalue weighted by atomic mass is 9.99. The molecule has 0 radical (unpaired) electrons. The number of piperidine rings is 1. The number of rotatable bonds is 5. The molecule has 4 aliphatic rings. The molecule has 9 heteroatoms. The molecule has 1 unspecified atom stereocenters. The number of nitrogens with one attached hydrogen (secondary N) is 1. The Morgan fingerprint density at radius 3 is 2.37 bits per heavy atom. The first kappa shape index (κ1) is 28.8. The van der Waals surface area contributed by atoms with Gasteiger partial charge in [-0.05, 0) is 53.8 Å². The number of benzene rings is 2. The fourth-order valence-corrected chi connectivity index (χ4v) is 6.17. The number of amides is 4. The SMILES string of the molecule is CC.CC(C)c1cccc(C(=O)N2CC(N3CCN(c4ccc5c(c4)CN(C4CCC(=O)NC4=O)C5=O)CC3)C2)c1. The van der Waals surface area contributed by atoms with Crippen LogP contribution in [0.5, 0.6) is 0 Å². The van der Waals surface area contributed by atoms with Crippen LogP contribution in [0.1, 0.15) is 78.3 Å². The monoisotopic (exact) mass is 559 g/mol. The van der Waals surface area contributed by atoms with Gasteiger partial charge in [0, 0.05) is 75.1 Å². The minimum atomic E-state index is -0.595. The molecule has 0 saturated carbocycles. The van der Waals surface area contributed by atoms with Crippen LogP contribution in [0.4, 0.5) is 5.69 Å². The van der Waals surface area contributed by atoms with Crippen LogP contribution in [0.25, 0.3) is 0 Å². The largest absolute Gasteiger partial charge is 0.369 e. The summed E-state index contributed by atoms with van der Waals surface area (Å²) in [6.07, 6.45) is 0.623. The van der Waals surface area contributed by atoms with Crippen LogP contribution in [0.15, 0.2) is 42.5 Å². The molecule has 218 valence electrons. The van der Waals surface area contributed by atoms with E-state index in [0.717, 1.165) is 56.1 Å². The highest BCUT2D eigenvalue weighted by molar-refractivity contribution is 6.05. The van der Waals surface area contributed by atoms with Crippen molar-refractivity contribution >= 4 is 29.3 Å². The van der Waals surface area contributed by atoms with E-state index in [-0.39, 0.29) is 30.0 Å². The molecule has 4 aliphatic heterocycles. The second-order valence-corrected chi connectivity index (χ2v) is 11.4. The van der Waals surface area contributed by atoms with Gasteiger partial charge in [-0.1, -0.05) is 39.8 Å². The van der Waals surface area contributed by atoms with E-state index in [1.165, 1.54) is 5.56 Å². The minimum Gasteiger partial charge on any atom is -0.369 e. The summed E-state index contributed by atoms with van der Waals surface area (Å²) in [6.45, 7) is 13.8. The van der Waals surface area contributed by atoms with Gasteiger partial charge in [0.25, 0.3) is 11.8 Å². The first-order chi connectivity index (χ1) is 19.8. The number of carbonyl (C=O) groups is 4. The van der Waals surface area contributed by atoms with Crippen molar-refractivity contribution in [2.24, 2.45) is 0 Å². The van der Waals surface area contributed by atoms with Crippen molar-refractivity contribution in [2.75, 3.05) is 44.2 Å². The van der Waals surface area contributed by atoms with Crippen LogP contribution in [-0.2, 0) is 16.1 Å². The Morgan fingerprint density at radius 2 is 1.68 bits per heavy atom. The third-order valence-corrected chi connectivity index (χ3v) is 8.65. The zero-order valence-electron chi connectivity index (χ0n) is 24.6. The van der Waals surface area contributed by atoms with Crippen molar-refractivity contribution in [1.82, 2.24) is 20.0 Å². The van der Waals surface area contributed by atoms with Crippen molar-refractivity contribution < 1.29 is 19.2 Å². The van der Waals surface area contributed by atoms with Crippen molar-refractivity contribution in [3.8, 4) is 0 Å². The van der Waals surface area contributed by atoms with Gasteiger partial charge in [0.15, 0.2) is 0 Å². The fraction of sp³-hybridized carbons (Fsp3) is 0.500. The van der Waals surface area contributed by atoms with E-state index in [1.54, 1.807) is 4.90 Å². The highest BCUT2D eigenvalue weighted by atomic mass is 16.2. The number of likely N-dealkylation sites (tertiary alicyclic amines) is 1. The summed E-state index contributed by atoms with van der Waals surface area (Å²) < 4.78 is 0. The predicted octanol–water partition coefficient (Wildman–Crippen LogP) is 3.24. The van der Waals surface area contributed by atoms with Gasteiger partial charge in [-0.2, -0.15) is 0 Å². The Hall–Kier alpha value is -3.72. The summed E-state index contributed by atoms with van der Waals surface area (Å²) in [7, 11) is 0. The average Bonchev–Trinajstić information content (AvgIpc) is 3.29. The highest BCUT2D eigenvalue weighted by Crippen LogP contribution is 2.31. The highest BCUT2D eigenvalue weighted by Gasteiger charge is 2.40. The van der Waals surface area contributed by atoms with E-state index < -0.39 is 6.04 Å². The van der Waals surface area contributed by atoms with E-state index in [0.29, 0.717) is 30.5 Å². The molecule has 3 saturated heterocycles. The zero-order valence-corrected chi connectivity index (χ0v) is 24.6. The summed E-state index contributed by atoms with van der Waals surface area (Å²) in [5, 5.41) is 2.36. The Labute approximate surface area is 242 Å². The number of anilines is 1. The third-order valence-electron chi connectivity index (χ3n) is 8.65. The first-order valence-electron chi connectivity index (χ1n) is 14.9. The number of nitrogens with zero attached hydrogens (tertiary/aromatic N) is 4. The van der Waals surface area contributed by atoms with Gasteiger partial charge in [0.2, 0.25) is 11.8 Å². The summed E-state index contributed by atoms with van der Waals surface area (Å²) in [6, 6.07) is 13.7. The molecule has 0 aromatic heterocycles. The van der Waals surface area contributed by atoms with Crippen LogP contribution in [0, 0.1) is 0 Å². The van der Waals surface area contributed by atoms with Crippen LogP contribution in [-0.4, -0.2) is 89.7 Å². The van der Waals surface area contributed by atoms with Crippen LogP contribution in [0.3, 0.4) is 0 Å². The van der Waals surface area contributed by atoms with E-state index in [1.807, 2.05) is 49.1 Å². The standard InChI is InChI=1S/C30H35N5O4.C2H6/c1-19(2)20-4-3-5-21(14-20)29(38)34-17-24(18-34)33-12-10-32(11-13-33)23-6-7-25-22(15-23)16-35(30(25)39)26-8-9-27(36)31-28(26)37;1-2/h3-7,14-15,19,24,26H,8-13,16-18H2,1-2H3,(H,31,36,37);1-2H3. The fourth-order valence-electron chi connectivity index (χ4n) is 6.17. The van der Waals surface area contributed by atoms with Crippen LogP contribution >= 0.6 is 0 Å². The molecule has 1 N–H and O–H groups in total. The predicted molar refractivity (Wildman–Crippen MR) is 158 cm³/mol. The minimum absolute atomic E-state index is 0.117. The topological polar surface area (TPSA) is 93.3 Å². The van der Waals surface area contributed by atoms with Crippen LogP contribution in [0.2, 0.25) is 0 Å². The molecule has 3 fully saturated rings. The molecule has 41 heavy (non-hydrogen) atoms. The van der Waals surface area contributed by atoms with Gasteiger partial charge >= 0.3 is 0 Å². The van der Waals surface area contributed by atoms with Crippen LogP contribution < -0.4 is 10.2 Å². The maximum absolute atomic E-state index is 13.0. The molecular weight excluding hydrogens is 518 g/mol. The van der Waals surface area contributed by atoms with Crippen molar-refractivity contribution in [2.45, 2.75) is 65.1 Å². The quantitative estimate of drug-likeness (QED) is 0.566. The second-order valence-electron chi connectivity index (χ2n) is 11.4. The molecule has 6 rings (SSSR count). The number of piperazine rings is 1. The number of hydrogen-bond donors (Lipinski definition) is 1. The summed E-state index contributed by atoms with van der Waals surface area (Å²) in [5.74, 6) is -0.292. The number of hydrogen-bond acceptors (Lipinski definition) is 6. The molecule has 4 amide bonds. The van der Waals surface area contributed by atoms with E-state index in [2.05, 4.69) is 41.1 Å². The Balaban J connectivity index is 0.00000165. The van der Waals surface area contributed by atoms with Crippen molar-refractivity contribution in [3.05, 3.63) is 64.7 Å². The molecule has 0 bridgehead atoms. The summed E-state index contributed by atoms with van der Waals surface area (Å²) in [5.41, 5.74) is 4.62. The second kappa shape index (κ2) is 12.0. The average molecular weight is 560 g/mol. The smallest absolute Gasteiger partial charge is 0.255 e. The molecule has 2 aromatic carbocycles. The molecule has 9 nitrogen and oxygen atoms in total. The molecular formula is C32H41N5O4. The summed E-state index contributed by atoms with van der Waals surface area (Å²) in [4.78, 5) is 58.2. The van der Waals surface area contributed by atoms with E-state index >= 15 is 0 Å². The molecule has 1 atom stereocenters. The first-order valence-corrected chi connectivity index (χ1v) is 14.9. The lowest BCUT2D eigenvalue weighted by molar-refractivity contribution is -0.136. The lowest BCUT2D eigenvalue weighted by Crippen LogP contribution is -2.64. The summed E-state index contributed by atoms with van der Waals surface area (Å²) >= 11 is 0. The van der Waals surface area contributed by atoms with Crippen molar-refractivity contribution in [3.63, 3.8) is 0 Å². The van der Waals surface area contributed by atoms with Gasteiger partial charge < -0.3 is 14.7 Å². The van der Waals surface area contributed by atoms with Gasteiger partial charge in [-0.25, -0.2) is 0 Å². The van der Waals surface area contributed by atoms with Gasteiger partial charge in [-0.3, -0.25) is 29.4 Å². The maximum Gasteiger partial charge on any atom is 0.255 e. The zero-order chi connectivity index (χ0) is 29.3. The van der Waals surface area contributed by atoms with E-state index in [4.69, 9.17) is 0 Å². The molecule has 0 spiro atoms. The van der Waals surface area contributed by atoms with Gasteiger partial charge in [0.1, 0.15) is 6.04 Å². The molecule has 0 aliphatic carbocycles. The molecule has 2 aromatic rings.